The largest absolute Gasteiger partial charge is 0.355 e. The third kappa shape index (κ3) is 6.00. The van der Waals surface area contributed by atoms with Crippen molar-refractivity contribution in [2.75, 3.05) is 12.3 Å². The normalized spacial score (nSPS) is 10.4. The van der Waals surface area contributed by atoms with E-state index in [1.807, 2.05) is 36.4 Å². The fourth-order valence-corrected chi connectivity index (χ4v) is 2.76. The van der Waals surface area contributed by atoms with E-state index in [2.05, 4.69) is 5.32 Å². The van der Waals surface area contributed by atoms with Gasteiger partial charge in [0.05, 0.1) is 6.42 Å². The van der Waals surface area contributed by atoms with Crippen LogP contribution in [0.2, 0.25) is 10.0 Å². The first kappa shape index (κ1) is 16.2. The molecule has 0 aliphatic rings. The predicted octanol–water partition coefficient (Wildman–Crippen LogP) is 4.44. The van der Waals surface area contributed by atoms with Gasteiger partial charge in [-0.3, -0.25) is 4.79 Å². The molecule has 0 heterocycles. The topological polar surface area (TPSA) is 29.1 Å². The molecular weight excluding hydrogens is 325 g/mol. The van der Waals surface area contributed by atoms with Gasteiger partial charge in [-0.1, -0.05) is 35.3 Å². The maximum Gasteiger partial charge on any atom is 0.224 e. The number of hydrogen-bond donors (Lipinski definition) is 1. The van der Waals surface area contributed by atoms with Crippen molar-refractivity contribution < 1.29 is 4.79 Å². The first-order valence-electron chi connectivity index (χ1n) is 6.53. The van der Waals surface area contributed by atoms with Crippen LogP contribution in [0.5, 0.6) is 0 Å². The van der Waals surface area contributed by atoms with Gasteiger partial charge in [-0.05, 0) is 42.0 Å². The number of nitrogens with one attached hydrogen (secondary N) is 1. The minimum Gasteiger partial charge on any atom is -0.355 e. The van der Waals surface area contributed by atoms with E-state index >= 15 is 0 Å². The molecule has 0 radical (unpaired) electrons. The molecule has 0 bridgehead atoms. The number of amides is 1. The van der Waals surface area contributed by atoms with Crippen molar-refractivity contribution in [3.63, 3.8) is 0 Å². The van der Waals surface area contributed by atoms with E-state index in [4.69, 9.17) is 23.2 Å². The van der Waals surface area contributed by atoms with Crippen LogP contribution in [0, 0.1) is 0 Å². The van der Waals surface area contributed by atoms with Crippen molar-refractivity contribution in [2.24, 2.45) is 0 Å². The zero-order chi connectivity index (χ0) is 15.1. The summed E-state index contributed by atoms with van der Waals surface area (Å²) in [5.41, 5.74) is 0.960. The summed E-state index contributed by atoms with van der Waals surface area (Å²) in [6, 6.07) is 15.0. The third-order valence-corrected chi connectivity index (χ3v) is 4.30. The van der Waals surface area contributed by atoms with E-state index in [-0.39, 0.29) is 5.91 Å². The smallest absolute Gasteiger partial charge is 0.224 e. The molecule has 2 nitrogen and oxygen atoms in total. The molecular formula is C16H15Cl2NOS. The molecule has 2 aromatic rings. The zero-order valence-corrected chi connectivity index (χ0v) is 13.6. The van der Waals surface area contributed by atoms with Gasteiger partial charge < -0.3 is 5.32 Å². The first-order chi connectivity index (χ1) is 10.1. The molecule has 110 valence electrons. The second-order valence-corrected chi connectivity index (χ2v) is 6.50. The van der Waals surface area contributed by atoms with Crippen LogP contribution < -0.4 is 5.32 Å². The summed E-state index contributed by atoms with van der Waals surface area (Å²) in [4.78, 5) is 12.9. The molecule has 0 unspecified atom stereocenters. The molecule has 0 atom stereocenters. The summed E-state index contributed by atoms with van der Waals surface area (Å²) in [6.45, 7) is 0.639. The summed E-state index contributed by atoms with van der Waals surface area (Å²) in [5, 5.41) is 4.32. The molecule has 0 aliphatic carbocycles. The molecule has 2 aromatic carbocycles. The maximum absolute atomic E-state index is 11.8. The Bertz CT molecular complexity index is 584. The van der Waals surface area contributed by atoms with Crippen LogP contribution in [0.1, 0.15) is 5.56 Å². The van der Waals surface area contributed by atoms with E-state index in [0.29, 0.717) is 18.0 Å². The van der Waals surface area contributed by atoms with Gasteiger partial charge in [-0.2, -0.15) is 0 Å². The minimum absolute atomic E-state index is 0.0222. The number of thioether (sulfide) groups is 1. The first-order valence-corrected chi connectivity index (χ1v) is 8.27. The van der Waals surface area contributed by atoms with Crippen LogP contribution in [0.3, 0.4) is 0 Å². The molecule has 0 saturated heterocycles. The van der Waals surface area contributed by atoms with Crippen LogP contribution in [0.25, 0.3) is 0 Å². The average Bonchev–Trinajstić information content (AvgIpc) is 2.48. The van der Waals surface area contributed by atoms with Gasteiger partial charge in [-0.15, -0.1) is 11.8 Å². The molecule has 0 aromatic heterocycles. The Kier molecular flexibility index (Phi) is 6.43. The third-order valence-electron chi connectivity index (χ3n) is 2.78. The monoisotopic (exact) mass is 339 g/mol. The second-order valence-electron chi connectivity index (χ2n) is 4.46. The van der Waals surface area contributed by atoms with Gasteiger partial charge in [0.1, 0.15) is 0 Å². The van der Waals surface area contributed by atoms with Crippen LogP contribution in [0.15, 0.2) is 53.4 Å². The second kappa shape index (κ2) is 8.32. The highest BCUT2D eigenvalue weighted by molar-refractivity contribution is 7.99. The van der Waals surface area contributed by atoms with E-state index in [9.17, 15) is 4.79 Å². The summed E-state index contributed by atoms with van der Waals surface area (Å²) < 4.78 is 0. The van der Waals surface area contributed by atoms with Crippen molar-refractivity contribution in [2.45, 2.75) is 11.3 Å². The SMILES string of the molecule is O=C(Cc1ccc(Cl)cc1)NCCSc1ccc(Cl)cc1. The molecule has 0 aliphatic heterocycles. The molecule has 5 heteroatoms. The Balaban J connectivity index is 1.67. The van der Waals surface area contributed by atoms with Gasteiger partial charge in [0.25, 0.3) is 0 Å². The summed E-state index contributed by atoms with van der Waals surface area (Å²) in [6.07, 6.45) is 0.378. The van der Waals surface area contributed by atoms with Crippen molar-refractivity contribution in [3.8, 4) is 0 Å². The highest BCUT2D eigenvalue weighted by Gasteiger charge is 2.03. The van der Waals surface area contributed by atoms with Crippen LogP contribution >= 0.6 is 35.0 Å². The highest BCUT2D eigenvalue weighted by atomic mass is 35.5. The number of benzene rings is 2. The molecule has 0 fully saturated rings. The standard InChI is InChI=1S/C16H15Cl2NOS/c17-13-3-1-12(2-4-13)11-16(20)19-9-10-21-15-7-5-14(18)6-8-15/h1-8H,9-11H2,(H,19,20). The minimum atomic E-state index is 0.0222. The van der Waals surface area contributed by atoms with E-state index in [0.717, 1.165) is 21.2 Å². The summed E-state index contributed by atoms with van der Waals surface area (Å²) >= 11 is 13.3. The van der Waals surface area contributed by atoms with E-state index in [1.54, 1.807) is 23.9 Å². The number of rotatable bonds is 6. The molecule has 1 N–H and O–H groups in total. The number of halogens is 2. The van der Waals surface area contributed by atoms with Crippen molar-refractivity contribution in [3.05, 3.63) is 64.1 Å². The Morgan fingerprint density at radius 3 is 2.14 bits per heavy atom. The van der Waals surface area contributed by atoms with Gasteiger partial charge in [0.15, 0.2) is 0 Å². The molecule has 2 rings (SSSR count). The Labute approximate surface area is 138 Å². The molecule has 1 amide bonds. The molecule has 0 spiro atoms. The van der Waals surface area contributed by atoms with E-state index in [1.165, 1.54) is 0 Å². The number of carbonyl (C=O) groups excluding carboxylic acids is 1. The number of carbonyl (C=O) groups is 1. The fourth-order valence-electron chi connectivity index (χ4n) is 1.74. The predicted molar refractivity (Wildman–Crippen MR) is 90.3 cm³/mol. The van der Waals surface area contributed by atoms with Gasteiger partial charge in [-0.25, -0.2) is 0 Å². The van der Waals surface area contributed by atoms with Gasteiger partial charge in [0, 0.05) is 27.2 Å². The van der Waals surface area contributed by atoms with Crippen LogP contribution in [-0.2, 0) is 11.2 Å². The Morgan fingerprint density at radius 2 is 1.52 bits per heavy atom. The van der Waals surface area contributed by atoms with E-state index < -0.39 is 0 Å². The van der Waals surface area contributed by atoms with Crippen molar-refractivity contribution >= 4 is 40.9 Å². The lowest BCUT2D eigenvalue weighted by atomic mass is 10.1. The Hall–Kier alpha value is -1.16. The summed E-state index contributed by atoms with van der Waals surface area (Å²) in [7, 11) is 0. The number of hydrogen-bond acceptors (Lipinski definition) is 2. The summed E-state index contributed by atoms with van der Waals surface area (Å²) in [5.74, 6) is 0.850. The Morgan fingerprint density at radius 1 is 0.952 bits per heavy atom. The van der Waals surface area contributed by atoms with Gasteiger partial charge >= 0.3 is 0 Å². The average molecular weight is 340 g/mol. The zero-order valence-electron chi connectivity index (χ0n) is 11.3. The van der Waals surface area contributed by atoms with Gasteiger partial charge in [0.2, 0.25) is 5.91 Å². The van der Waals surface area contributed by atoms with Crippen molar-refractivity contribution in [1.82, 2.24) is 5.32 Å². The fraction of sp³-hybridized carbons (Fsp3) is 0.188. The quantitative estimate of drug-likeness (QED) is 0.622. The van der Waals surface area contributed by atoms with Crippen LogP contribution in [0.4, 0.5) is 0 Å². The lowest BCUT2D eigenvalue weighted by Crippen LogP contribution is -2.27. The molecule has 0 saturated carbocycles. The van der Waals surface area contributed by atoms with Crippen LogP contribution in [-0.4, -0.2) is 18.2 Å². The lowest BCUT2D eigenvalue weighted by Gasteiger charge is -2.06. The lowest BCUT2D eigenvalue weighted by molar-refractivity contribution is -0.120. The van der Waals surface area contributed by atoms with Crippen molar-refractivity contribution in [1.29, 1.82) is 0 Å². The molecule has 21 heavy (non-hydrogen) atoms. The maximum atomic E-state index is 11.8. The highest BCUT2D eigenvalue weighted by Crippen LogP contribution is 2.19.